The van der Waals surface area contributed by atoms with E-state index in [0.29, 0.717) is 90.0 Å². The first-order chi connectivity index (χ1) is 44.3. The van der Waals surface area contributed by atoms with E-state index in [2.05, 4.69) is 36.1 Å². The van der Waals surface area contributed by atoms with Crippen molar-refractivity contribution >= 4 is 80.9 Å². The molecule has 30 nitrogen and oxygen atoms in total. The number of benzene rings is 3. The average Bonchev–Trinajstić information content (AvgIpc) is 1.66. The molecule has 9 amide bonds. The van der Waals surface area contributed by atoms with Gasteiger partial charge in [0.2, 0.25) is 40.8 Å². The van der Waals surface area contributed by atoms with Crippen molar-refractivity contribution in [3.05, 3.63) is 123 Å². The summed E-state index contributed by atoms with van der Waals surface area (Å²) in [6.45, 7) is 10.9. The summed E-state index contributed by atoms with van der Waals surface area (Å²) in [4.78, 5) is 127. The van der Waals surface area contributed by atoms with Gasteiger partial charge in [-0.25, -0.2) is 0 Å². The molecule has 1 saturated heterocycles. The van der Waals surface area contributed by atoms with Gasteiger partial charge in [0.25, 0.3) is 23.6 Å². The van der Waals surface area contributed by atoms with Crippen molar-refractivity contribution in [2.75, 3.05) is 77.9 Å². The number of imidazole rings is 2. The SMILES string of the molecule is CCn1nc(C)cc1C(=O)N=c1n(C)c2cc(C(N)=O)ccc2n1CCC(CCn1c(=NC(=O)c2cc(C)nn2CC)n(C)c2cc(C(N)=O)ccc21)OCC(=O)NCCOCCOCCOCCOCCNc1cccc2c1C(=O)N(C1CCC(=O)NC1=O)C2=O. The number of anilines is 1. The third-order valence-corrected chi connectivity index (χ3v) is 15.7. The maximum absolute atomic E-state index is 14.0. The normalized spacial score (nSPS) is 14.8. The van der Waals surface area contributed by atoms with Crippen LogP contribution in [0.4, 0.5) is 5.69 Å². The molecule has 1 atom stereocenters. The van der Waals surface area contributed by atoms with E-state index < -0.39 is 65.3 Å². The first-order valence-electron chi connectivity index (χ1n) is 30.3. The van der Waals surface area contributed by atoms with E-state index >= 15 is 0 Å². The third kappa shape index (κ3) is 15.3. The number of aryl methyl sites for hydroxylation is 8. The molecule has 0 bridgehead atoms. The monoisotopic (exact) mass is 1270 g/mol. The van der Waals surface area contributed by atoms with Crippen LogP contribution in [0, 0.1) is 13.8 Å². The summed E-state index contributed by atoms with van der Waals surface area (Å²) in [7, 11) is 3.46. The lowest BCUT2D eigenvalue weighted by molar-refractivity contribution is -0.136. The van der Waals surface area contributed by atoms with Crippen molar-refractivity contribution in [3.63, 3.8) is 0 Å². The molecule has 4 aromatic heterocycles. The number of carbonyl (C=O) groups excluding carboxylic acids is 9. The summed E-state index contributed by atoms with van der Waals surface area (Å²) in [5, 5.41) is 17.0. The van der Waals surface area contributed by atoms with Crippen molar-refractivity contribution in [3.8, 4) is 0 Å². The van der Waals surface area contributed by atoms with Crippen LogP contribution >= 0.6 is 0 Å². The van der Waals surface area contributed by atoms with Crippen LogP contribution in [0.15, 0.2) is 76.7 Å². The van der Waals surface area contributed by atoms with Crippen LogP contribution in [0.1, 0.15) is 113 Å². The number of hydrogen-bond donors (Lipinski definition) is 5. The van der Waals surface area contributed by atoms with Gasteiger partial charge < -0.3 is 64.1 Å². The Morgan fingerprint density at radius 2 is 1.15 bits per heavy atom. The van der Waals surface area contributed by atoms with Crippen LogP contribution < -0.4 is 38.7 Å². The Morgan fingerprint density at radius 1 is 0.652 bits per heavy atom. The predicted octanol–water partition coefficient (Wildman–Crippen LogP) is 1.56. The molecule has 0 aliphatic carbocycles. The number of aromatic nitrogens is 8. The number of hydrogen-bond acceptors (Lipinski definition) is 17. The predicted molar refractivity (Wildman–Crippen MR) is 331 cm³/mol. The van der Waals surface area contributed by atoms with Gasteiger partial charge in [-0.15, -0.1) is 0 Å². The lowest BCUT2D eigenvalue weighted by Gasteiger charge is -2.27. The fourth-order valence-corrected chi connectivity index (χ4v) is 11.1. The number of nitrogens with two attached hydrogens (primary N) is 2. The number of nitrogens with zero attached hydrogens (tertiary/aromatic N) is 11. The number of carbonyl (C=O) groups is 9. The van der Waals surface area contributed by atoms with Gasteiger partial charge >= 0.3 is 0 Å². The average molecular weight is 1270 g/mol. The first-order valence-corrected chi connectivity index (χ1v) is 30.3. The topological polar surface area (TPSA) is 371 Å². The molecule has 7 aromatic rings. The van der Waals surface area contributed by atoms with E-state index in [9.17, 15) is 43.2 Å². The van der Waals surface area contributed by atoms with Crippen LogP contribution in [0.2, 0.25) is 0 Å². The quantitative estimate of drug-likeness (QED) is 0.0295. The fraction of sp³-hybridized carbons (Fsp3) is 0.435. The number of amides is 9. The lowest BCUT2D eigenvalue weighted by Crippen LogP contribution is -2.54. The zero-order chi connectivity index (χ0) is 65.8. The minimum Gasteiger partial charge on any atom is -0.382 e. The second-order valence-electron chi connectivity index (χ2n) is 21.9. The molecule has 30 heteroatoms. The molecule has 0 spiro atoms. The molecule has 6 heterocycles. The highest BCUT2D eigenvalue weighted by Crippen LogP contribution is 2.32. The Kier molecular flexibility index (Phi) is 22.0. The molecule has 488 valence electrons. The first kappa shape index (κ1) is 66.7. The molecular formula is C62H76N16O14. The largest absolute Gasteiger partial charge is 0.382 e. The Bertz CT molecular complexity index is 3950. The van der Waals surface area contributed by atoms with Gasteiger partial charge in [-0.2, -0.15) is 20.2 Å². The van der Waals surface area contributed by atoms with E-state index in [1.54, 1.807) is 107 Å². The summed E-state index contributed by atoms with van der Waals surface area (Å²) >= 11 is 0. The van der Waals surface area contributed by atoms with Gasteiger partial charge in [0, 0.05) is 76.6 Å². The standard InChI is InChI=1S/C62H76N16O14/c1-7-76-49(32-37(3)70-76)57(84)68-61-72(5)47-34-39(54(63)81)12-14-44(47)74(61)22-18-41(19-23-75-45-15-13-40(55(64)82)35-48(45)73(6)62(75)69-58(85)50-33-38(4)71-77(50)8-2)92-36-52(80)66-21-25-89-27-29-91-31-30-90-28-26-88-24-20-65-43-11-9-10-42-53(43)60(87)78(59(42)86)46-16-17-51(79)67-56(46)83/h9-15,32-35,41,46,65H,7-8,16-31,36H2,1-6H3,(H2,63,81)(H2,64,82)(H,66,80)(H,67,79,83). The smallest absolute Gasteiger partial charge is 0.298 e. The van der Waals surface area contributed by atoms with E-state index in [0.717, 1.165) is 4.90 Å². The summed E-state index contributed by atoms with van der Waals surface area (Å²) in [6.07, 6.45) is -0.0425. The van der Waals surface area contributed by atoms with E-state index in [-0.39, 0.29) is 118 Å². The van der Waals surface area contributed by atoms with E-state index in [1.807, 2.05) is 23.0 Å². The molecule has 3 aromatic carbocycles. The highest BCUT2D eigenvalue weighted by Gasteiger charge is 2.45. The second kappa shape index (κ2) is 30.4. The zero-order valence-electron chi connectivity index (χ0n) is 52.2. The van der Waals surface area contributed by atoms with E-state index in [4.69, 9.17) is 35.2 Å². The molecule has 92 heavy (non-hydrogen) atoms. The van der Waals surface area contributed by atoms with Crippen LogP contribution in [0.25, 0.3) is 22.1 Å². The molecule has 0 saturated carbocycles. The summed E-state index contributed by atoms with van der Waals surface area (Å²) in [6, 6.07) is 17.0. The number of imide groups is 2. The molecule has 9 rings (SSSR count). The van der Waals surface area contributed by atoms with Crippen LogP contribution in [-0.2, 0) is 78.3 Å². The number of ether oxygens (including phenoxy) is 5. The Hall–Kier alpha value is -9.75. The number of primary amides is 2. The van der Waals surface area contributed by atoms with Gasteiger partial charge in [0.1, 0.15) is 24.0 Å². The van der Waals surface area contributed by atoms with Gasteiger partial charge in [0.15, 0.2) is 0 Å². The van der Waals surface area contributed by atoms with Gasteiger partial charge in [-0.1, -0.05) is 6.07 Å². The molecule has 7 N–H and O–H groups in total. The minimum atomic E-state index is -1.06. The highest BCUT2D eigenvalue weighted by molar-refractivity contribution is 6.25. The maximum atomic E-state index is 14.0. The van der Waals surface area contributed by atoms with Crippen LogP contribution in [-0.4, -0.2) is 181 Å². The van der Waals surface area contributed by atoms with Crippen LogP contribution in [0.5, 0.6) is 0 Å². The summed E-state index contributed by atoms with van der Waals surface area (Å²) < 4.78 is 39.3. The number of piperidine rings is 1. The van der Waals surface area contributed by atoms with Crippen molar-refractivity contribution in [1.82, 2.24) is 53.4 Å². The van der Waals surface area contributed by atoms with Crippen molar-refractivity contribution < 1.29 is 66.8 Å². The molecule has 2 aliphatic heterocycles. The maximum Gasteiger partial charge on any atom is 0.298 e. The Balaban J connectivity index is 0.780. The van der Waals surface area contributed by atoms with Crippen molar-refractivity contribution in [1.29, 1.82) is 0 Å². The van der Waals surface area contributed by atoms with Gasteiger partial charge in [0.05, 0.1) is 104 Å². The number of fused-ring (bicyclic) bond motifs is 3. The number of rotatable bonds is 32. The summed E-state index contributed by atoms with van der Waals surface area (Å²) in [5.74, 6) is -5.06. The van der Waals surface area contributed by atoms with Crippen molar-refractivity contribution in [2.45, 2.75) is 91.7 Å². The molecular weight excluding hydrogens is 1190 g/mol. The molecule has 1 fully saturated rings. The zero-order valence-corrected chi connectivity index (χ0v) is 52.2. The third-order valence-electron chi connectivity index (χ3n) is 15.7. The van der Waals surface area contributed by atoms with E-state index in [1.165, 1.54) is 6.07 Å². The highest BCUT2D eigenvalue weighted by atomic mass is 16.6. The van der Waals surface area contributed by atoms with Crippen LogP contribution in [0.3, 0.4) is 0 Å². The lowest BCUT2D eigenvalue weighted by atomic mass is 10.0. The second-order valence-corrected chi connectivity index (χ2v) is 21.9. The fourth-order valence-electron chi connectivity index (χ4n) is 11.1. The van der Waals surface area contributed by atoms with Gasteiger partial charge in [-0.3, -0.25) is 62.7 Å². The molecule has 2 aliphatic rings. The Labute approximate surface area is 527 Å². The van der Waals surface area contributed by atoms with Crippen molar-refractivity contribution in [2.24, 2.45) is 35.5 Å². The Morgan fingerprint density at radius 3 is 1.64 bits per heavy atom. The number of nitrogens with one attached hydrogen (secondary N) is 3. The molecule has 1 unspecified atom stereocenters. The summed E-state index contributed by atoms with van der Waals surface area (Å²) in [5.41, 5.74) is 17.6. The minimum absolute atomic E-state index is 0.0291. The molecule has 0 radical (unpaired) electrons. The van der Waals surface area contributed by atoms with Gasteiger partial charge in [-0.05, 0) is 108 Å².